The molecule has 2 rings (SSSR count). The lowest BCUT2D eigenvalue weighted by Gasteiger charge is -1.93. The van der Waals surface area contributed by atoms with Gasteiger partial charge in [-0.25, -0.2) is 0 Å². The molecule has 0 bridgehead atoms. The summed E-state index contributed by atoms with van der Waals surface area (Å²) in [5.74, 6) is 0.198. The van der Waals surface area contributed by atoms with Gasteiger partial charge in [-0.15, -0.1) is 22.7 Å². The zero-order valence-electron chi connectivity index (χ0n) is 7.50. The predicted octanol–water partition coefficient (Wildman–Crippen LogP) is 4.60. The Morgan fingerprint density at radius 1 is 1.33 bits per heavy atom. The second-order valence-electron chi connectivity index (χ2n) is 2.97. The Kier molecular flexibility index (Phi) is 3.98. The van der Waals surface area contributed by atoms with Crippen LogP contribution in [-0.4, -0.2) is 5.78 Å². The van der Waals surface area contributed by atoms with Crippen molar-refractivity contribution >= 4 is 67.0 Å². The number of thiophene rings is 2. The van der Waals surface area contributed by atoms with Gasteiger partial charge in [-0.05, 0) is 50.7 Å². The fraction of sp³-hybridized carbons (Fsp3) is 0.100. The number of Topliss-reactive ketones (excluding diaryl/α,β-unsaturated/α-hetero) is 1. The molecule has 78 valence electrons. The van der Waals surface area contributed by atoms with Crippen molar-refractivity contribution in [1.82, 2.24) is 0 Å². The molecule has 0 unspecified atom stereocenters. The molecule has 15 heavy (non-hydrogen) atoms. The van der Waals surface area contributed by atoms with Crippen molar-refractivity contribution in [3.05, 3.63) is 40.7 Å². The van der Waals surface area contributed by atoms with Crippen molar-refractivity contribution in [2.24, 2.45) is 0 Å². The quantitative estimate of drug-likeness (QED) is 0.531. The van der Waals surface area contributed by atoms with Crippen molar-refractivity contribution in [2.75, 3.05) is 0 Å². The normalized spacial score (nSPS) is 10.5. The second-order valence-corrected chi connectivity index (χ2v) is 7.69. The minimum absolute atomic E-state index is 0.198. The van der Waals surface area contributed by atoms with Crippen LogP contribution in [0.1, 0.15) is 15.2 Å². The predicted molar refractivity (Wildman–Crippen MR) is 77.1 cm³/mol. The Balaban J connectivity index is 2.10. The summed E-state index contributed by atoms with van der Waals surface area (Å²) in [6.07, 6.45) is 0.503. The molecular weight excluding hydrogens is 407 g/mol. The molecule has 0 saturated carbocycles. The SMILES string of the molecule is O=C(Cc1cc(Br)cs1)c1csc(I)c1. The number of carbonyl (C=O) groups is 1. The van der Waals surface area contributed by atoms with Gasteiger partial charge in [0.25, 0.3) is 0 Å². The molecule has 0 fully saturated rings. The summed E-state index contributed by atoms with van der Waals surface area (Å²) in [5.41, 5.74) is 0.828. The zero-order valence-corrected chi connectivity index (χ0v) is 12.9. The average Bonchev–Trinajstić information content (AvgIpc) is 2.75. The van der Waals surface area contributed by atoms with E-state index in [0.29, 0.717) is 6.42 Å². The van der Waals surface area contributed by atoms with Crippen LogP contribution in [0.2, 0.25) is 0 Å². The van der Waals surface area contributed by atoms with Gasteiger partial charge in [0.1, 0.15) is 0 Å². The standard InChI is InChI=1S/C10H6BrIOS2/c11-7-2-8(14-5-7)3-9(13)6-1-10(12)15-4-6/h1-2,4-5H,3H2. The van der Waals surface area contributed by atoms with E-state index in [9.17, 15) is 4.79 Å². The minimum Gasteiger partial charge on any atom is -0.294 e. The number of halogens is 2. The third kappa shape index (κ3) is 3.12. The van der Waals surface area contributed by atoms with E-state index >= 15 is 0 Å². The molecule has 0 atom stereocenters. The maximum atomic E-state index is 11.8. The fourth-order valence-electron chi connectivity index (χ4n) is 1.16. The highest BCUT2D eigenvalue weighted by atomic mass is 127. The third-order valence-electron chi connectivity index (χ3n) is 1.85. The van der Waals surface area contributed by atoms with Gasteiger partial charge in [0.15, 0.2) is 5.78 Å². The smallest absolute Gasteiger partial charge is 0.168 e. The Bertz CT molecular complexity index is 489. The zero-order chi connectivity index (χ0) is 10.8. The van der Waals surface area contributed by atoms with Gasteiger partial charge in [-0.2, -0.15) is 0 Å². The van der Waals surface area contributed by atoms with Crippen LogP contribution in [0.3, 0.4) is 0 Å². The Morgan fingerprint density at radius 3 is 2.67 bits per heavy atom. The van der Waals surface area contributed by atoms with E-state index in [4.69, 9.17) is 0 Å². The van der Waals surface area contributed by atoms with Crippen LogP contribution in [0, 0.1) is 2.88 Å². The van der Waals surface area contributed by atoms with E-state index in [1.807, 2.05) is 22.9 Å². The summed E-state index contributed by atoms with van der Waals surface area (Å²) in [4.78, 5) is 12.9. The molecule has 0 aliphatic carbocycles. The Morgan fingerprint density at radius 2 is 2.13 bits per heavy atom. The first-order valence-electron chi connectivity index (χ1n) is 4.15. The lowest BCUT2D eigenvalue weighted by molar-refractivity contribution is 0.0994. The van der Waals surface area contributed by atoms with Crippen LogP contribution in [-0.2, 0) is 6.42 Å². The van der Waals surface area contributed by atoms with Crippen molar-refractivity contribution < 1.29 is 4.79 Å². The number of carbonyl (C=O) groups excluding carboxylic acids is 1. The van der Waals surface area contributed by atoms with Gasteiger partial charge >= 0.3 is 0 Å². The van der Waals surface area contributed by atoms with Crippen LogP contribution < -0.4 is 0 Å². The maximum Gasteiger partial charge on any atom is 0.168 e. The van der Waals surface area contributed by atoms with E-state index in [-0.39, 0.29) is 5.78 Å². The second kappa shape index (κ2) is 5.07. The molecule has 0 aromatic carbocycles. The molecule has 0 saturated heterocycles. The monoisotopic (exact) mass is 412 g/mol. The first-order chi connectivity index (χ1) is 7.15. The molecule has 2 aromatic rings. The fourth-order valence-corrected chi connectivity index (χ4v) is 3.96. The molecule has 2 aromatic heterocycles. The molecule has 5 heteroatoms. The van der Waals surface area contributed by atoms with Crippen molar-refractivity contribution in [2.45, 2.75) is 6.42 Å². The van der Waals surface area contributed by atoms with Crippen LogP contribution in [0.25, 0.3) is 0 Å². The van der Waals surface area contributed by atoms with E-state index in [0.717, 1.165) is 17.8 Å². The summed E-state index contributed by atoms with van der Waals surface area (Å²) in [6.45, 7) is 0. The molecule has 0 aliphatic heterocycles. The van der Waals surface area contributed by atoms with Crippen LogP contribution >= 0.6 is 61.2 Å². The molecular formula is C10H6BrIOS2. The molecule has 2 heterocycles. The van der Waals surface area contributed by atoms with Crippen molar-refractivity contribution in [3.63, 3.8) is 0 Å². The van der Waals surface area contributed by atoms with Crippen molar-refractivity contribution in [1.29, 1.82) is 0 Å². The van der Waals surface area contributed by atoms with Gasteiger partial charge in [0.05, 0.1) is 2.88 Å². The highest BCUT2D eigenvalue weighted by Gasteiger charge is 2.10. The van der Waals surface area contributed by atoms with Gasteiger partial charge in [-0.3, -0.25) is 4.79 Å². The highest BCUT2D eigenvalue weighted by molar-refractivity contribution is 14.1. The van der Waals surface area contributed by atoms with Crippen molar-refractivity contribution in [3.8, 4) is 0 Å². The topological polar surface area (TPSA) is 17.1 Å². The number of hydrogen-bond donors (Lipinski definition) is 0. The van der Waals surface area contributed by atoms with Gasteiger partial charge in [0, 0.05) is 32.1 Å². The van der Waals surface area contributed by atoms with Gasteiger partial charge < -0.3 is 0 Å². The molecule has 1 nitrogen and oxygen atoms in total. The van der Waals surface area contributed by atoms with Gasteiger partial charge in [-0.1, -0.05) is 0 Å². The average molecular weight is 413 g/mol. The summed E-state index contributed by atoms with van der Waals surface area (Å²) >= 11 is 8.83. The minimum atomic E-state index is 0.198. The summed E-state index contributed by atoms with van der Waals surface area (Å²) in [6, 6.07) is 3.94. The highest BCUT2D eigenvalue weighted by Crippen LogP contribution is 2.23. The van der Waals surface area contributed by atoms with E-state index in [1.165, 1.54) is 0 Å². The molecule has 0 radical (unpaired) electrons. The van der Waals surface area contributed by atoms with E-state index in [2.05, 4.69) is 38.5 Å². The van der Waals surface area contributed by atoms with Crippen LogP contribution in [0.5, 0.6) is 0 Å². The first-order valence-corrected chi connectivity index (χ1v) is 7.78. The molecule has 0 aliphatic rings. The summed E-state index contributed by atoms with van der Waals surface area (Å²) < 4.78 is 2.21. The van der Waals surface area contributed by atoms with Gasteiger partial charge in [0.2, 0.25) is 0 Å². The number of ketones is 1. The van der Waals surface area contributed by atoms with Crippen LogP contribution in [0.15, 0.2) is 27.4 Å². The maximum absolute atomic E-state index is 11.8. The number of hydrogen-bond acceptors (Lipinski definition) is 3. The Hall–Kier alpha value is 0.280. The third-order valence-corrected chi connectivity index (χ3v) is 5.33. The van der Waals surface area contributed by atoms with E-state index < -0.39 is 0 Å². The molecule has 0 spiro atoms. The lowest BCUT2D eigenvalue weighted by atomic mass is 10.1. The summed E-state index contributed by atoms with van der Waals surface area (Å²) in [7, 11) is 0. The number of rotatable bonds is 3. The lowest BCUT2D eigenvalue weighted by Crippen LogP contribution is -1.99. The largest absolute Gasteiger partial charge is 0.294 e. The molecule has 0 N–H and O–H groups in total. The molecule has 0 amide bonds. The summed E-state index contributed by atoms with van der Waals surface area (Å²) in [5, 5.41) is 3.92. The first kappa shape index (κ1) is 11.8. The van der Waals surface area contributed by atoms with E-state index in [1.54, 1.807) is 22.7 Å². The Labute approximate surface area is 118 Å². The van der Waals surface area contributed by atoms with Crippen LogP contribution in [0.4, 0.5) is 0 Å².